The molecule has 4 heteroatoms. The highest BCUT2D eigenvalue weighted by molar-refractivity contribution is 7.98. The highest BCUT2D eigenvalue weighted by Crippen LogP contribution is 2.31. The summed E-state index contributed by atoms with van der Waals surface area (Å²) in [6, 6.07) is 14.8. The van der Waals surface area contributed by atoms with E-state index in [1.54, 1.807) is 18.2 Å². The van der Waals surface area contributed by atoms with Gasteiger partial charge < -0.3 is 10.8 Å². The molecule has 2 aromatic carbocycles. The van der Waals surface area contributed by atoms with E-state index in [-0.39, 0.29) is 5.56 Å². The van der Waals surface area contributed by atoms with Crippen LogP contribution in [0.15, 0.2) is 53.4 Å². The number of carboxylic acid groups (broad SMARTS) is 1. The number of carbonyl (C=O) groups is 1. The van der Waals surface area contributed by atoms with Crippen molar-refractivity contribution < 1.29 is 9.90 Å². The molecule has 0 aliphatic rings. The zero-order valence-electron chi connectivity index (χ0n) is 9.67. The van der Waals surface area contributed by atoms with Crippen LogP contribution in [-0.4, -0.2) is 11.1 Å². The fraction of sp³-hybridized carbons (Fsp3) is 0.0714. The molecule has 2 rings (SSSR count). The normalized spacial score (nSPS) is 10.2. The van der Waals surface area contributed by atoms with Crippen LogP contribution in [0.25, 0.3) is 0 Å². The molecule has 0 fully saturated rings. The number of thioether (sulfide) groups is 1. The zero-order valence-corrected chi connectivity index (χ0v) is 10.5. The van der Waals surface area contributed by atoms with Crippen LogP contribution in [-0.2, 0) is 5.75 Å². The number of carboxylic acids is 1. The fourth-order valence-electron chi connectivity index (χ4n) is 1.61. The SMILES string of the molecule is Nc1cccc(C(=O)O)c1SCc1ccccc1. The van der Waals surface area contributed by atoms with E-state index >= 15 is 0 Å². The largest absolute Gasteiger partial charge is 0.478 e. The lowest BCUT2D eigenvalue weighted by Gasteiger charge is -2.08. The van der Waals surface area contributed by atoms with Crippen molar-refractivity contribution in [2.45, 2.75) is 10.6 Å². The van der Waals surface area contributed by atoms with E-state index in [2.05, 4.69) is 0 Å². The third-order valence-electron chi connectivity index (χ3n) is 2.50. The predicted octanol–water partition coefficient (Wildman–Crippen LogP) is 3.26. The van der Waals surface area contributed by atoms with Gasteiger partial charge in [0.05, 0.1) is 5.56 Å². The van der Waals surface area contributed by atoms with Crippen molar-refractivity contribution in [1.29, 1.82) is 0 Å². The lowest BCUT2D eigenvalue weighted by Crippen LogP contribution is -2.01. The maximum absolute atomic E-state index is 11.1. The molecule has 0 unspecified atom stereocenters. The van der Waals surface area contributed by atoms with Crippen molar-refractivity contribution in [1.82, 2.24) is 0 Å². The van der Waals surface area contributed by atoms with Crippen LogP contribution in [0.5, 0.6) is 0 Å². The van der Waals surface area contributed by atoms with Crippen molar-refractivity contribution >= 4 is 23.4 Å². The minimum Gasteiger partial charge on any atom is -0.478 e. The van der Waals surface area contributed by atoms with Crippen molar-refractivity contribution in [2.75, 3.05) is 5.73 Å². The Morgan fingerprint density at radius 1 is 1.11 bits per heavy atom. The van der Waals surface area contributed by atoms with Gasteiger partial charge in [0, 0.05) is 16.3 Å². The molecule has 0 atom stereocenters. The fourth-order valence-corrected chi connectivity index (χ4v) is 2.66. The molecule has 0 saturated carbocycles. The Hall–Kier alpha value is -1.94. The number of benzene rings is 2. The van der Waals surface area contributed by atoms with Crippen LogP contribution in [0.1, 0.15) is 15.9 Å². The Morgan fingerprint density at radius 3 is 2.50 bits per heavy atom. The van der Waals surface area contributed by atoms with Gasteiger partial charge in [-0.05, 0) is 17.7 Å². The number of rotatable bonds is 4. The van der Waals surface area contributed by atoms with E-state index in [0.717, 1.165) is 5.56 Å². The summed E-state index contributed by atoms with van der Waals surface area (Å²) in [5, 5.41) is 9.12. The molecule has 0 radical (unpaired) electrons. The summed E-state index contributed by atoms with van der Waals surface area (Å²) >= 11 is 1.45. The molecule has 18 heavy (non-hydrogen) atoms. The Kier molecular flexibility index (Phi) is 3.89. The standard InChI is InChI=1S/C14H13NO2S/c15-12-8-4-7-11(14(16)17)13(12)18-9-10-5-2-1-3-6-10/h1-8H,9,15H2,(H,16,17). The molecule has 0 saturated heterocycles. The van der Waals surface area contributed by atoms with Gasteiger partial charge in [-0.15, -0.1) is 11.8 Å². The first-order valence-corrected chi connectivity index (χ1v) is 6.45. The van der Waals surface area contributed by atoms with Gasteiger partial charge in [0.15, 0.2) is 0 Å². The Labute approximate surface area is 110 Å². The number of anilines is 1. The minimum absolute atomic E-state index is 0.260. The molecule has 3 nitrogen and oxygen atoms in total. The summed E-state index contributed by atoms with van der Waals surface area (Å²) in [4.78, 5) is 11.7. The molecule has 3 N–H and O–H groups in total. The van der Waals surface area contributed by atoms with Crippen molar-refractivity contribution in [3.05, 3.63) is 59.7 Å². The number of nitrogen functional groups attached to an aromatic ring is 1. The monoisotopic (exact) mass is 259 g/mol. The van der Waals surface area contributed by atoms with Crippen molar-refractivity contribution in [3.63, 3.8) is 0 Å². The number of hydrogen-bond acceptors (Lipinski definition) is 3. The molecule has 0 aliphatic heterocycles. The van der Waals surface area contributed by atoms with Gasteiger partial charge in [-0.25, -0.2) is 4.79 Å². The average Bonchev–Trinajstić information content (AvgIpc) is 2.38. The van der Waals surface area contributed by atoms with Gasteiger partial charge >= 0.3 is 5.97 Å². The average molecular weight is 259 g/mol. The van der Waals surface area contributed by atoms with Gasteiger partial charge in [0.2, 0.25) is 0 Å². The van der Waals surface area contributed by atoms with E-state index in [1.165, 1.54) is 11.8 Å². The second kappa shape index (κ2) is 5.60. The molecule has 0 aliphatic carbocycles. The van der Waals surface area contributed by atoms with Crippen LogP contribution < -0.4 is 5.73 Å². The van der Waals surface area contributed by atoms with Crippen molar-refractivity contribution in [3.8, 4) is 0 Å². The van der Waals surface area contributed by atoms with E-state index in [4.69, 9.17) is 10.8 Å². The Bertz CT molecular complexity index is 555. The van der Waals surface area contributed by atoms with E-state index in [0.29, 0.717) is 16.3 Å². The molecular formula is C14H13NO2S. The first-order valence-electron chi connectivity index (χ1n) is 5.47. The molecule has 0 bridgehead atoms. The van der Waals surface area contributed by atoms with E-state index in [9.17, 15) is 4.79 Å². The topological polar surface area (TPSA) is 63.3 Å². The first kappa shape index (κ1) is 12.5. The zero-order chi connectivity index (χ0) is 13.0. The second-order valence-corrected chi connectivity index (χ2v) is 4.79. The van der Waals surface area contributed by atoms with Crippen LogP contribution in [0, 0.1) is 0 Å². The van der Waals surface area contributed by atoms with Gasteiger partial charge in [0.25, 0.3) is 0 Å². The Morgan fingerprint density at radius 2 is 1.83 bits per heavy atom. The maximum atomic E-state index is 11.1. The molecule has 0 aromatic heterocycles. The van der Waals surface area contributed by atoms with Crippen molar-refractivity contribution in [2.24, 2.45) is 0 Å². The Balaban J connectivity index is 2.21. The van der Waals surface area contributed by atoms with E-state index in [1.807, 2.05) is 30.3 Å². The lowest BCUT2D eigenvalue weighted by atomic mass is 10.2. The van der Waals surface area contributed by atoms with E-state index < -0.39 is 5.97 Å². The lowest BCUT2D eigenvalue weighted by molar-refractivity contribution is 0.0693. The summed E-state index contributed by atoms with van der Waals surface area (Å²) in [5.41, 5.74) is 7.75. The second-order valence-electron chi connectivity index (χ2n) is 3.80. The quantitative estimate of drug-likeness (QED) is 0.653. The van der Waals surface area contributed by atoms with Crippen LogP contribution in [0.4, 0.5) is 5.69 Å². The first-order chi connectivity index (χ1) is 8.68. The van der Waals surface area contributed by atoms with Gasteiger partial charge in [0.1, 0.15) is 0 Å². The molecule has 0 spiro atoms. The van der Waals surface area contributed by atoms with Crippen LogP contribution >= 0.6 is 11.8 Å². The summed E-state index contributed by atoms with van der Waals surface area (Å²) < 4.78 is 0. The number of hydrogen-bond donors (Lipinski definition) is 2. The summed E-state index contributed by atoms with van der Waals surface area (Å²) in [6.07, 6.45) is 0. The molecule has 2 aromatic rings. The molecular weight excluding hydrogens is 246 g/mol. The highest BCUT2D eigenvalue weighted by Gasteiger charge is 2.12. The molecule has 0 amide bonds. The summed E-state index contributed by atoms with van der Waals surface area (Å²) in [7, 11) is 0. The molecule has 0 heterocycles. The number of aromatic carboxylic acids is 1. The maximum Gasteiger partial charge on any atom is 0.336 e. The highest BCUT2D eigenvalue weighted by atomic mass is 32.2. The summed E-state index contributed by atoms with van der Waals surface area (Å²) in [6.45, 7) is 0. The molecule has 92 valence electrons. The third-order valence-corrected chi connectivity index (χ3v) is 3.72. The smallest absolute Gasteiger partial charge is 0.336 e. The number of nitrogens with two attached hydrogens (primary N) is 1. The van der Waals surface area contributed by atoms with Crippen LogP contribution in [0.3, 0.4) is 0 Å². The minimum atomic E-state index is -0.946. The van der Waals surface area contributed by atoms with Gasteiger partial charge in [-0.3, -0.25) is 0 Å². The predicted molar refractivity (Wildman–Crippen MR) is 73.8 cm³/mol. The van der Waals surface area contributed by atoms with Gasteiger partial charge in [-0.2, -0.15) is 0 Å². The van der Waals surface area contributed by atoms with Crippen LogP contribution in [0.2, 0.25) is 0 Å². The third kappa shape index (κ3) is 2.84. The summed E-state index contributed by atoms with van der Waals surface area (Å²) in [5.74, 6) is -0.243. The van der Waals surface area contributed by atoms with Gasteiger partial charge in [-0.1, -0.05) is 36.4 Å².